The molecular formula is C14H20N2O. The Labute approximate surface area is 103 Å². The van der Waals surface area contributed by atoms with Crippen LogP contribution in [0.3, 0.4) is 0 Å². The number of amides is 1. The summed E-state index contributed by atoms with van der Waals surface area (Å²) in [4.78, 5) is 14.0. The van der Waals surface area contributed by atoms with E-state index < -0.39 is 0 Å². The van der Waals surface area contributed by atoms with Gasteiger partial charge in [0.2, 0.25) is 5.91 Å². The molecule has 3 nitrogen and oxygen atoms in total. The molecule has 1 fully saturated rings. The van der Waals surface area contributed by atoms with Crippen molar-refractivity contribution in [2.45, 2.75) is 33.2 Å². The third-order valence-electron chi connectivity index (χ3n) is 3.44. The van der Waals surface area contributed by atoms with Crippen molar-refractivity contribution in [1.82, 2.24) is 5.32 Å². The number of hydrogen-bond donors (Lipinski definition) is 1. The summed E-state index contributed by atoms with van der Waals surface area (Å²) in [5.41, 5.74) is 3.32. The second-order valence-corrected chi connectivity index (χ2v) is 5.41. The van der Waals surface area contributed by atoms with Gasteiger partial charge < -0.3 is 10.2 Å². The predicted molar refractivity (Wildman–Crippen MR) is 70.4 cm³/mol. The molecule has 1 aliphatic heterocycles. The van der Waals surface area contributed by atoms with Gasteiger partial charge in [-0.1, -0.05) is 6.07 Å². The third-order valence-corrected chi connectivity index (χ3v) is 3.44. The standard InChI is InChI=1S/C14H20N2O/c1-10-5-6-12(7-11(10)2)16-13(17)8-15-9-14(16,3)4/h5-7,15H,8-9H2,1-4H3. The summed E-state index contributed by atoms with van der Waals surface area (Å²) < 4.78 is 0. The topological polar surface area (TPSA) is 32.3 Å². The fourth-order valence-electron chi connectivity index (χ4n) is 2.33. The molecule has 0 bridgehead atoms. The second-order valence-electron chi connectivity index (χ2n) is 5.41. The zero-order valence-electron chi connectivity index (χ0n) is 11.0. The molecule has 0 aromatic heterocycles. The molecule has 0 radical (unpaired) electrons. The predicted octanol–water partition coefficient (Wildman–Crippen LogP) is 2.02. The summed E-state index contributed by atoms with van der Waals surface area (Å²) in [6, 6.07) is 6.21. The number of carbonyl (C=O) groups excluding carboxylic acids is 1. The first-order chi connectivity index (χ1) is 7.92. The molecule has 1 saturated heterocycles. The van der Waals surface area contributed by atoms with Gasteiger partial charge in [0.05, 0.1) is 12.1 Å². The van der Waals surface area contributed by atoms with E-state index in [9.17, 15) is 4.79 Å². The van der Waals surface area contributed by atoms with E-state index in [0.717, 1.165) is 12.2 Å². The van der Waals surface area contributed by atoms with E-state index >= 15 is 0 Å². The summed E-state index contributed by atoms with van der Waals surface area (Å²) in [5.74, 6) is 0.143. The number of hydrogen-bond acceptors (Lipinski definition) is 2. The van der Waals surface area contributed by atoms with Gasteiger partial charge in [-0.2, -0.15) is 0 Å². The molecule has 0 atom stereocenters. The Hall–Kier alpha value is -1.35. The average molecular weight is 232 g/mol. The Morgan fingerprint density at radius 3 is 2.53 bits per heavy atom. The van der Waals surface area contributed by atoms with Crippen molar-refractivity contribution in [2.24, 2.45) is 0 Å². The van der Waals surface area contributed by atoms with E-state index in [2.05, 4.69) is 45.1 Å². The fraction of sp³-hybridized carbons (Fsp3) is 0.500. The van der Waals surface area contributed by atoms with Crippen LogP contribution in [0.4, 0.5) is 5.69 Å². The second kappa shape index (κ2) is 4.15. The maximum absolute atomic E-state index is 12.1. The molecule has 2 rings (SSSR count). The molecule has 1 N–H and O–H groups in total. The molecule has 1 aliphatic rings. The molecule has 1 aromatic rings. The normalized spacial score (nSPS) is 19.5. The number of piperazine rings is 1. The lowest BCUT2D eigenvalue weighted by atomic mass is 9.97. The van der Waals surface area contributed by atoms with E-state index in [-0.39, 0.29) is 11.4 Å². The molecule has 17 heavy (non-hydrogen) atoms. The Bertz CT molecular complexity index is 452. The van der Waals surface area contributed by atoms with Crippen molar-refractivity contribution < 1.29 is 4.79 Å². The highest BCUT2D eigenvalue weighted by Gasteiger charge is 2.35. The van der Waals surface area contributed by atoms with Crippen LogP contribution in [0.15, 0.2) is 18.2 Å². The van der Waals surface area contributed by atoms with Crippen molar-refractivity contribution in [3.63, 3.8) is 0 Å². The summed E-state index contributed by atoms with van der Waals surface area (Å²) in [6.45, 7) is 9.60. The van der Waals surface area contributed by atoms with E-state index in [1.165, 1.54) is 11.1 Å². The van der Waals surface area contributed by atoms with Crippen molar-refractivity contribution in [3.05, 3.63) is 29.3 Å². The van der Waals surface area contributed by atoms with Gasteiger partial charge in [-0.05, 0) is 51.0 Å². The van der Waals surface area contributed by atoms with Crippen LogP contribution in [0.1, 0.15) is 25.0 Å². The summed E-state index contributed by atoms with van der Waals surface area (Å²) in [6.07, 6.45) is 0. The largest absolute Gasteiger partial charge is 0.306 e. The zero-order chi connectivity index (χ0) is 12.6. The maximum Gasteiger partial charge on any atom is 0.241 e. The highest BCUT2D eigenvalue weighted by Crippen LogP contribution is 2.27. The van der Waals surface area contributed by atoms with Gasteiger partial charge in [0.25, 0.3) is 0 Å². The summed E-state index contributed by atoms with van der Waals surface area (Å²) >= 11 is 0. The fourth-order valence-corrected chi connectivity index (χ4v) is 2.33. The number of aryl methyl sites for hydroxylation is 2. The van der Waals surface area contributed by atoms with Crippen LogP contribution in [0.2, 0.25) is 0 Å². The number of carbonyl (C=O) groups is 1. The number of nitrogens with zero attached hydrogens (tertiary/aromatic N) is 1. The lowest BCUT2D eigenvalue weighted by Crippen LogP contribution is -2.61. The highest BCUT2D eigenvalue weighted by atomic mass is 16.2. The lowest BCUT2D eigenvalue weighted by molar-refractivity contribution is -0.120. The minimum absolute atomic E-state index is 0.143. The SMILES string of the molecule is Cc1ccc(N2C(=O)CNCC2(C)C)cc1C. The van der Waals surface area contributed by atoms with Crippen molar-refractivity contribution in [1.29, 1.82) is 0 Å². The Morgan fingerprint density at radius 2 is 1.94 bits per heavy atom. The molecule has 0 aliphatic carbocycles. The lowest BCUT2D eigenvalue weighted by Gasteiger charge is -2.42. The minimum atomic E-state index is -0.170. The van der Waals surface area contributed by atoms with Crippen molar-refractivity contribution >= 4 is 11.6 Å². The number of benzene rings is 1. The molecule has 3 heteroatoms. The first-order valence-electron chi connectivity index (χ1n) is 6.03. The van der Waals surface area contributed by atoms with E-state index in [1.807, 2.05) is 11.0 Å². The highest BCUT2D eigenvalue weighted by molar-refractivity contribution is 5.97. The smallest absolute Gasteiger partial charge is 0.241 e. The van der Waals surface area contributed by atoms with Crippen molar-refractivity contribution in [2.75, 3.05) is 18.0 Å². The molecule has 1 heterocycles. The van der Waals surface area contributed by atoms with Crippen LogP contribution in [0.25, 0.3) is 0 Å². The van der Waals surface area contributed by atoms with Crippen molar-refractivity contribution in [3.8, 4) is 0 Å². The number of rotatable bonds is 1. The monoisotopic (exact) mass is 232 g/mol. The van der Waals surface area contributed by atoms with Gasteiger partial charge in [-0.3, -0.25) is 4.79 Å². The first kappa shape index (κ1) is 12.1. The maximum atomic E-state index is 12.1. The molecule has 1 amide bonds. The first-order valence-corrected chi connectivity index (χ1v) is 6.03. The van der Waals surface area contributed by atoms with Crippen LogP contribution in [-0.2, 0) is 4.79 Å². The van der Waals surface area contributed by atoms with Crippen LogP contribution >= 0.6 is 0 Å². The minimum Gasteiger partial charge on any atom is -0.306 e. The van der Waals surface area contributed by atoms with Crippen LogP contribution in [-0.4, -0.2) is 24.5 Å². The van der Waals surface area contributed by atoms with Gasteiger partial charge in [0.15, 0.2) is 0 Å². The molecular weight excluding hydrogens is 212 g/mol. The quantitative estimate of drug-likeness (QED) is 0.803. The van der Waals surface area contributed by atoms with Crippen LogP contribution in [0, 0.1) is 13.8 Å². The molecule has 0 spiro atoms. The third kappa shape index (κ3) is 2.20. The molecule has 0 unspecified atom stereocenters. The van der Waals surface area contributed by atoms with E-state index in [4.69, 9.17) is 0 Å². The van der Waals surface area contributed by atoms with E-state index in [1.54, 1.807) is 0 Å². The van der Waals surface area contributed by atoms with Gasteiger partial charge >= 0.3 is 0 Å². The summed E-state index contributed by atoms with van der Waals surface area (Å²) in [5, 5.41) is 3.16. The van der Waals surface area contributed by atoms with Gasteiger partial charge in [0.1, 0.15) is 0 Å². The molecule has 0 saturated carbocycles. The van der Waals surface area contributed by atoms with Gasteiger partial charge in [-0.25, -0.2) is 0 Å². The number of nitrogens with one attached hydrogen (secondary N) is 1. The molecule has 1 aromatic carbocycles. The molecule has 92 valence electrons. The Balaban J connectivity index is 2.42. The van der Waals surface area contributed by atoms with E-state index in [0.29, 0.717) is 6.54 Å². The Morgan fingerprint density at radius 1 is 1.24 bits per heavy atom. The summed E-state index contributed by atoms with van der Waals surface area (Å²) in [7, 11) is 0. The zero-order valence-corrected chi connectivity index (χ0v) is 11.0. The van der Waals surface area contributed by atoms with Crippen LogP contribution in [0.5, 0.6) is 0 Å². The van der Waals surface area contributed by atoms with Crippen LogP contribution < -0.4 is 10.2 Å². The van der Waals surface area contributed by atoms with Gasteiger partial charge in [-0.15, -0.1) is 0 Å². The average Bonchev–Trinajstić information content (AvgIpc) is 2.22. The number of anilines is 1. The van der Waals surface area contributed by atoms with Gasteiger partial charge in [0, 0.05) is 12.2 Å². The Kier molecular flexibility index (Phi) is 2.96.